The van der Waals surface area contributed by atoms with Crippen LogP contribution in [0.5, 0.6) is 0 Å². The van der Waals surface area contributed by atoms with Crippen LogP contribution < -0.4 is 11.1 Å². The molecule has 4 heteroatoms. The van der Waals surface area contributed by atoms with E-state index in [1.54, 1.807) is 12.1 Å². The molecule has 0 bridgehead atoms. The summed E-state index contributed by atoms with van der Waals surface area (Å²) in [7, 11) is 0. The van der Waals surface area contributed by atoms with E-state index in [1.165, 1.54) is 12.1 Å². The van der Waals surface area contributed by atoms with Gasteiger partial charge in [0.2, 0.25) is 5.91 Å². The zero-order valence-electron chi connectivity index (χ0n) is 10.2. The molecule has 0 aliphatic heterocycles. The predicted molar refractivity (Wildman–Crippen MR) is 65.8 cm³/mol. The molecule has 0 aliphatic carbocycles. The Labute approximate surface area is 101 Å². The van der Waals surface area contributed by atoms with E-state index in [0.717, 1.165) is 12.0 Å². The maximum absolute atomic E-state index is 12.7. The van der Waals surface area contributed by atoms with Crippen molar-refractivity contribution < 1.29 is 9.18 Å². The Kier molecular flexibility index (Phi) is 5.10. The van der Waals surface area contributed by atoms with Crippen molar-refractivity contribution >= 4 is 5.91 Å². The van der Waals surface area contributed by atoms with Crippen LogP contribution in [0.4, 0.5) is 4.39 Å². The lowest BCUT2D eigenvalue weighted by Gasteiger charge is -2.18. The number of carbonyl (C=O) groups is 1. The minimum atomic E-state index is -0.277. The molecule has 1 rings (SSSR count). The van der Waals surface area contributed by atoms with Gasteiger partial charge < -0.3 is 11.1 Å². The van der Waals surface area contributed by atoms with Crippen molar-refractivity contribution in [1.82, 2.24) is 5.32 Å². The van der Waals surface area contributed by atoms with Crippen LogP contribution in [-0.2, 0) is 4.79 Å². The summed E-state index contributed by atoms with van der Waals surface area (Å²) in [6, 6.07) is 5.98. The average molecular weight is 238 g/mol. The first kappa shape index (κ1) is 13.6. The highest BCUT2D eigenvalue weighted by Crippen LogP contribution is 2.14. The molecule has 0 aliphatic rings. The van der Waals surface area contributed by atoms with Crippen molar-refractivity contribution in [2.75, 3.05) is 6.54 Å². The van der Waals surface area contributed by atoms with Crippen LogP contribution in [0, 0.1) is 11.7 Å². The van der Waals surface area contributed by atoms with E-state index in [9.17, 15) is 9.18 Å². The molecule has 0 heterocycles. The van der Waals surface area contributed by atoms with Crippen molar-refractivity contribution in [1.29, 1.82) is 0 Å². The fraction of sp³-hybridized carbons (Fsp3) is 0.462. The number of halogens is 1. The minimum Gasteiger partial charge on any atom is -0.349 e. The fourth-order valence-corrected chi connectivity index (χ4v) is 1.63. The second-order valence-electron chi connectivity index (χ2n) is 4.12. The number of rotatable bonds is 5. The lowest BCUT2D eigenvalue weighted by atomic mass is 10.0. The molecule has 0 radical (unpaired) electrons. The number of carbonyl (C=O) groups excluding carboxylic acids is 1. The Balaban J connectivity index is 2.62. The molecule has 3 N–H and O–H groups in total. The number of nitrogens with one attached hydrogen (secondary N) is 1. The van der Waals surface area contributed by atoms with Gasteiger partial charge in [0.05, 0.1) is 6.04 Å². The molecule has 0 saturated heterocycles. The molecule has 3 nitrogen and oxygen atoms in total. The van der Waals surface area contributed by atoms with Crippen LogP contribution in [0.15, 0.2) is 24.3 Å². The summed E-state index contributed by atoms with van der Waals surface area (Å²) in [5.41, 5.74) is 6.39. The quantitative estimate of drug-likeness (QED) is 0.824. The number of hydrogen-bond donors (Lipinski definition) is 2. The van der Waals surface area contributed by atoms with Gasteiger partial charge in [0, 0.05) is 12.5 Å². The van der Waals surface area contributed by atoms with E-state index in [1.807, 2.05) is 13.8 Å². The van der Waals surface area contributed by atoms with Gasteiger partial charge in [-0.3, -0.25) is 4.79 Å². The van der Waals surface area contributed by atoms with Crippen LogP contribution in [0.2, 0.25) is 0 Å². The number of hydrogen-bond acceptors (Lipinski definition) is 2. The average Bonchev–Trinajstić information content (AvgIpc) is 2.31. The lowest BCUT2D eigenvalue weighted by molar-refractivity contribution is -0.125. The van der Waals surface area contributed by atoms with E-state index in [-0.39, 0.29) is 23.7 Å². The van der Waals surface area contributed by atoms with E-state index in [4.69, 9.17) is 5.73 Å². The molecule has 17 heavy (non-hydrogen) atoms. The third-order valence-electron chi connectivity index (χ3n) is 2.88. The number of amides is 1. The highest BCUT2D eigenvalue weighted by Gasteiger charge is 2.17. The Morgan fingerprint density at radius 2 is 2.00 bits per heavy atom. The van der Waals surface area contributed by atoms with Crippen LogP contribution in [0.3, 0.4) is 0 Å². The topological polar surface area (TPSA) is 55.1 Å². The van der Waals surface area contributed by atoms with Crippen LogP contribution >= 0.6 is 0 Å². The van der Waals surface area contributed by atoms with Gasteiger partial charge in [-0.2, -0.15) is 0 Å². The summed E-state index contributed by atoms with van der Waals surface area (Å²) >= 11 is 0. The Hall–Kier alpha value is -1.42. The molecule has 0 aromatic heterocycles. The highest BCUT2D eigenvalue weighted by atomic mass is 19.1. The smallest absolute Gasteiger partial charge is 0.224 e. The second-order valence-corrected chi connectivity index (χ2v) is 4.12. The third kappa shape index (κ3) is 3.82. The van der Waals surface area contributed by atoms with E-state index < -0.39 is 0 Å². The van der Waals surface area contributed by atoms with Crippen molar-refractivity contribution in [3.63, 3.8) is 0 Å². The normalized spacial score (nSPS) is 14.1. The molecule has 0 saturated carbocycles. The Morgan fingerprint density at radius 3 is 2.47 bits per heavy atom. The summed E-state index contributed by atoms with van der Waals surface area (Å²) in [6.45, 7) is 4.15. The van der Waals surface area contributed by atoms with Crippen molar-refractivity contribution in [2.45, 2.75) is 26.3 Å². The van der Waals surface area contributed by atoms with Crippen molar-refractivity contribution in [2.24, 2.45) is 11.7 Å². The summed E-state index contributed by atoms with van der Waals surface area (Å²) < 4.78 is 12.7. The summed E-state index contributed by atoms with van der Waals surface area (Å²) in [5, 5.41) is 2.88. The molecule has 1 aromatic carbocycles. The molecule has 1 amide bonds. The van der Waals surface area contributed by atoms with Crippen molar-refractivity contribution in [3.05, 3.63) is 35.6 Å². The fourth-order valence-electron chi connectivity index (χ4n) is 1.63. The van der Waals surface area contributed by atoms with Gasteiger partial charge in [-0.25, -0.2) is 4.39 Å². The molecule has 1 aromatic rings. The third-order valence-corrected chi connectivity index (χ3v) is 2.88. The maximum atomic E-state index is 12.7. The van der Waals surface area contributed by atoms with Gasteiger partial charge >= 0.3 is 0 Å². The Morgan fingerprint density at radius 1 is 1.41 bits per heavy atom. The Bertz CT molecular complexity index is 360. The van der Waals surface area contributed by atoms with E-state index in [0.29, 0.717) is 6.54 Å². The predicted octanol–water partition coefficient (Wildman–Crippen LogP) is 1.99. The second kappa shape index (κ2) is 6.35. The number of nitrogens with two attached hydrogens (primary N) is 1. The minimum absolute atomic E-state index is 0.0492. The van der Waals surface area contributed by atoms with Crippen LogP contribution in [0.25, 0.3) is 0 Å². The van der Waals surface area contributed by atoms with Crippen LogP contribution in [-0.4, -0.2) is 12.5 Å². The van der Waals surface area contributed by atoms with Gasteiger partial charge in [0.1, 0.15) is 5.82 Å². The monoisotopic (exact) mass is 238 g/mol. The van der Waals surface area contributed by atoms with Crippen molar-refractivity contribution in [3.8, 4) is 0 Å². The first-order valence-electron chi connectivity index (χ1n) is 5.84. The van der Waals surface area contributed by atoms with E-state index in [2.05, 4.69) is 5.32 Å². The van der Waals surface area contributed by atoms with Gasteiger partial charge in [0.15, 0.2) is 0 Å². The maximum Gasteiger partial charge on any atom is 0.224 e. The largest absolute Gasteiger partial charge is 0.349 e. The molecule has 1 unspecified atom stereocenters. The highest BCUT2D eigenvalue weighted by molar-refractivity contribution is 5.79. The molecule has 2 atom stereocenters. The molecule has 94 valence electrons. The first-order valence-corrected chi connectivity index (χ1v) is 5.84. The SMILES string of the molecule is CCC(CN)C(=O)N[C@H](C)c1ccc(F)cc1. The van der Waals surface area contributed by atoms with Crippen LogP contribution in [0.1, 0.15) is 31.9 Å². The van der Waals surface area contributed by atoms with Gasteiger partial charge in [-0.1, -0.05) is 19.1 Å². The zero-order valence-corrected chi connectivity index (χ0v) is 10.2. The first-order chi connectivity index (χ1) is 8.08. The molecule has 0 fully saturated rings. The number of benzene rings is 1. The summed E-state index contributed by atoms with van der Waals surface area (Å²) in [5.74, 6) is -0.481. The van der Waals surface area contributed by atoms with E-state index >= 15 is 0 Å². The van der Waals surface area contributed by atoms with Gasteiger partial charge in [-0.15, -0.1) is 0 Å². The zero-order chi connectivity index (χ0) is 12.8. The lowest BCUT2D eigenvalue weighted by Crippen LogP contribution is -2.36. The van der Waals surface area contributed by atoms with Gasteiger partial charge in [0.25, 0.3) is 0 Å². The molecule has 0 spiro atoms. The van der Waals surface area contributed by atoms with Gasteiger partial charge in [-0.05, 0) is 31.0 Å². The summed E-state index contributed by atoms with van der Waals surface area (Å²) in [6.07, 6.45) is 0.721. The standard InChI is InChI=1S/C13H19FN2O/c1-3-10(8-15)13(17)16-9(2)11-4-6-12(14)7-5-11/h4-7,9-10H,3,8,15H2,1-2H3,(H,16,17)/t9-,10?/m1/s1. The summed E-state index contributed by atoms with van der Waals surface area (Å²) in [4.78, 5) is 11.8. The molecular weight excluding hydrogens is 219 g/mol. The molecular formula is C13H19FN2O.